The highest BCUT2D eigenvalue weighted by molar-refractivity contribution is 5.25. The fourth-order valence-corrected chi connectivity index (χ4v) is 1.79. The molecular weight excluding hydrogens is 212 g/mol. The number of piperazine rings is 1. The fourth-order valence-electron chi connectivity index (χ4n) is 1.79. The summed E-state index contributed by atoms with van der Waals surface area (Å²) in [7, 11) is 1.67. The van der Waals surface area contributed by atoms with Gasteiger partial charge in [-0.1, -0.05) is 17.7 Å². The first-order valence-electron chi connectivity index (χ1n) is 6.19. The van der Waals surface area contributed by atoms with Gasteiger partial charge in [-0.2, -0.15) is 0 Å². The minimum absolute atomic E-state index is 0.652. The van der Waals surface area contributed by atoms with Gasteiger partial charge in [0.2, 0.25) is 0 Å². The van der Waals surface area contributed by atoms with Crippen molar-refractivity contribution in [1.29, 1.82) is 0 Å². The smallest absolute Gasteiger partial charge is 0.118 e. The Hall–Kier alpha value is -1.06. The lowest BCUT2D eigenvalue weighted by Gasteiger charge is -2.26. The molecule has 1 heterocycles. The monoisotopic (exact) mass is 236 g/mol. The van der Waals surface area contributed by atoms with Crippen molar-refractivity contribution in [2.75, 3.05) is 20.2 Å². The standard InChI is InChI=1S/C8H10O.C6H14N2/c1-7-3-5-8(9-2)6-4-7;1-5-3-7-4-6(2)8-5/h3-6H,1-2H3;5-8H,3-4H2,1-2H3. The topological polar surface area (TPSA) is 33.3 Å². The van der Waals surface area contributed by atoms with Gasteiger partial charge in [-0.15, -0.1) is 0 Å². The number of benzene rings is 1. The average Bonchev–Trinajstić information content (AvgIpc) is 2.30. The lowest BCUT2D eigenvalue weighted by Crippen LogP contribution is -2.52. The zero-order valence-corrected chi connectivity index (χ0v) is 11.3. The van der Waals surface area contributed by atoms with Crippen molar-refractivity contribution < 1.29 is 4.74 Å². The zero-order valence-electron chi connectivity index (χ0n) is 11.3. The van der Waals surface area contributed by atoms with Crippen molar-refractivity contribution in [1.82, 2.24) is 10.6 Å². The second-order valence-corrected chi connectivity index (χ2v) is 4.64. The van der Waals surface area contributed by atoms with E-state index < -0.39 is 0 Å². The van der Waals surface area contributed by atoms with Gasteiger partial charge in [0, 0.05) is 25.2 Å². The van der Waals surface area contributed by atoms with Crippen LogP contribution >= 0.6 is 0 Å². The van der Waals surface area contributed by atoms with Crippen LogP contribution in [0, 0.1) is 6.92 Å². The van der Waals surface area contributed by atoms with E-state index in [1.54, 1.807) is 7.11 Å². The minimum Gasteiger partial charge on any atom is -0.497 e. The van der Waals surface area contributed by atoms with E-state index >= 15 is 0 Å². The van der Waals surface area contributed by atoms with Crippen LogP contribution in [0.1, 0.15) is 19.4 Å². The van der Waals surface area contributed by atoms with Crippen LogP contribution in [0.25, 0.3) is 0 Å². The van der Waals surface area contributed by atoms with Gasteiger partial charge in [0.15, 0.2) is 0 Å². The molecule has 2 N–H and O–H groups in total. The number of hydrogen-bond acceptors (Lipinski definition) is 3. The van der Waals surface area contributed by atoms with E-state index in [0.717, 1.165) is 18.8 Å². The number of ether oxygens (including phenoxy) is 1. The van der Waals surface area contributed by atoms with Crippen LogP contribution in [-0.4, -0.2) is 32.3 Å². The first-order valence-corrected chi connectivity index (χ1v) is 6.19. The van der Waals surface area contributed by atoms with Crippen LogP contribution in [0.15, 0.2) is 24.3 Å². The number of rotatable bonds is 1. The van der Waals surface area contributed by atoms with Crippen LogP contribution in [0.3, 0.4) is 0 Å². The second kappa shape index (κ2) is 7.30. The van der Waals surface area contributed by atoms with E-state index in [0.29, 0.717) is 12.1 Å². The molecule has 2 atom stereocenters. The van der Waals surface area contributed by atoms with E-state index in [1.165, 1.54) is 5.56 Å². The van der Waals surface area contributed by atoms with Crippen molar-refractivity contribution in [3.8, 4) is 5.75 Å². The molecular formula is C14H24N2O. The second-order valence-electron chi connectivity index (χ2n) is 4.64. The molecule has 0 bridgehead atoms. The number of methoxy groups -OCH3 is 1. The summed E-state index contributed by atoms with van der Waals surface area (Å²) in [6.45, 7) is 8.68. The van der Waals surface area contributed by atoms with Gasteiger partial charge in [0.25, 0.3) is 0 Å². The third kappa shape index (κ3) is 5.71. The van der Waals surface area contributed by atoms with E-state index in [1.807, 2.05) is 24.3 Å². The van der Waals surface area contributed by atoms with Crippen LogP contribution in [-0.2, 0) is 0 Å². The number of hydrogen-bond donors (Lipinski definition) is 2. The molecule has 1 saturated heterocycles. The maximum atomic E-state index is 4.97. The van der Waals surface area contributed by atoms with Crippen molar-refractivity contribution in [2.45, 2.75) is 32.9 Å². The van der Waals surface area contributed by atoms with Gasteiger partial charge in [0.05, 0.1) is 7.11 Å². The van der Waals surface area contributed by atoms with E-state index in [4.69, 9.17) is 4.74 Å². The molecule has 1 aliphatic heterocycles. The highest BCUT2D eigenvalue weighted by atomic mass is 16.5. The van der Waals surface area contributed by atoms with Crippen LogP contribution in [0.4, 0.5) is 0 Å². The number of aryl methyl sites for hydroxylation is 1. The highest BCUT2D eigenvalue weighted by Gasteiger charge is 2.11. The Labute approximate surface area is 105 Å². The van der Waals surface area contributed by atoms with Gasteiger partial charge in [-0.25, -0.2) is 0 Å². The molecule has 1 aromatic carbocycles. The molecule has 3 nitrogen and oxygen atoms in total. The van der Waals surface area contributed by atoms with Gasteiger partial charge in [-0.3, -0.25) is 0 Å². The van der Waals surface area contributed by atoms with Crippen LogP contribution in [0.5, 0.6) is 5.75 Å². The maximum absolute atomic E-state index is 4.97. The fraction of sp³-hybridized carbons (Fsp3) is 0.571. The first-order chi connectivity index (χ1) is 8.11. The first kappa shape index (κ1) is 14.0. The summed E-state index contributed by atoms with van der Waals surface area (Å²) in [4.78, 5) is 0. The molecule has 96 valence electrons. The summed E-state index contributed by atoms with van der Waals surface area (Å²) < 4.78 is 4.97. The Balaban J connectivity index is 0.000000171. The summed E-state index contributed by atoms with van der Waals surface area (Å²) in [5.74, 6) is 0.917. The molecule has 1 aromatic rings. The molecule has 0 amide bonds. The summed E-state index contributed by atoms with van der Waals surface area (Å²) >= 11 is 0. The van der Waals surface area contributed by atoms with Gasteiger partial charge in [-0.05, 0) is 32.9 Å². The SMILES string of the molecule is CC1CNCC(C)N1.COc1ccc(C)cc1. The summed E-state index contributed by atoms with van der Waals surface area (Å²) in [5, 5.41) is 6.74. The predicted molar refractivity (Wildman–Crippen MR) is 72.7 cm³/mol. The molecule has 3 heteroatoms. The molecule has 1 aliphatic rings. The van der Waals surface area contributed by atoms with Crippen molar-refractivity contribution in [3.05, 3.63) is 29.8 Å². The van der Waals surface area contributed by atoms with Gasteiger partial charge >= 0.3 is 0 Å². The zero-order chi connectivity index (χ0) is 12.7. The lowest BCUT2D eigenvalue weighted by atomic mass is 10.2. The highest BCUT2D eigenvalue weighted by Crippen LogP contribution is 2.09. The Morgan fingerprint density at radius 3 is 1.94 bits per heavy atom. The average molecular weight is 236 g/mol. The van der Waals surface area contributed by atoms with Gasteiger partial charge < -0.3 is 15.4 Å². The van der Waals surface area contributed by atoms with Crippen LogP contribution < -0.4 is 15.4 Å². The quantitative estimate of drug-likeness (QED) is 0.782. The Bertz CT molecular complexity index is 303. The van der Waals surface area contributed by atoms with Crippen molar-refractivity contribution in [2.24, 2.45) is 0 Å². The van der Waals surface area contributed by atoms with Crippen LogP contribution in [0.2, 0.25) is 0 Å². The Kier molecular flexibility index (Phi) is 6.01. The predicted octanol–water partition coefficient (Wildman–Crippen LogP) is 1.96. The minimum atomic E-state index is 0.652. The molecule has 0 radical (unpaired) electrons. The molecule has 0 aliphatic carbocycles. The summed E-state index contributed by atoms with van der Waals surface area (Å²) in [6, 6.07) is 9.26. The summed E-state index contributed by atoms with van der Waals surface area (Å²) in [6.07, 6.45) is 0. The molecule has 0 saturated carbocycles. The van der Waals surface area contributed by atoms with Gasteiger partial charge in [0.1, 0.15) is 5.75 Å². The number of nitrogens with one attached hydrogen (secondary N) is 2. The normalized spacial score (nSPS) is 23.5. The molecule has 1 fully saturated rings. The third-order valence-corrected chi connectivity index (χ3v) is 2.73. The van der Waals surface area contributed by atoms with Crippen molar-refractivity contribution in [3.63, 3.8) is 0 Å². The van der Waals surface area contributed by atoms with Crippen molar-refractivity contribution >= 4 is 0 Å². The molecule has 2 unspecified atom stereocenters. The summed E-state index contributed by atoms with van der Waals surface area (Å²) in [5.41, 5.74) is 1.26. The third-order valence-electron chi connectivity index (χ3n) is 2.73. The van der Waals surface area contributed by atoms with E-state index in [9.17, 15) is 0 Å². The largest absolute Gasteiger partial charge is 0.497 e. The van der Waals surface area contributed by atoms with E-state index in [2.05, 4.69) is 31.4 Å². The Morgan fingerprint density at radius 2 is 1.59 bits per heavy atom. The molecule has 0 aromatic heterocycles. The molecule has 0 spiro atoms. The lowest BCUT2D eigenvalue weighted by molar-refractivity contribution is 0.370. The Morgan fingerprint density at radius 1 is 1.06 bits per heavy atom. The maximum Gasteiger partial charge on any atom is 0.118 e. The molecule has 17 heavy (non-hydrogen) atoms. The molecule has 2 rings (SSSR count). The van der Waals surface area contributed by atoms with E-state index in [-0.39, 0.29) is 0 Å².